The molecule has 0 aliphatic carbocycles. The van der Waals surface area contributed by atoms with Gasteiger partial charge in [-0.2, -0.15) is 0 Å². The number of anilines is 1. The predicted octanol–water partition coefficient (Wildman–Crippen LogP) is 4.79. The number of rotatable bonds is 2. The number of hydrogen-bond donors (Lipinski definition) is 1. The zero-order valence-corrected chi connectivity index (χ0v) is 14.8. The zero-order valence-electron chi connectivity index (χ0n) is 14.0. The fraction of sp³-hybridized carbons (Fsp3) is 0.200. The molecule has 2 amide bonds. The van der Waals surface area contributed by atoms with Crippen LogP contribution in [0.4, 0.5) is 10.5 Å². The number of benzene rings is 2. The third-order valence-corrected chi connectivity index (χ3v) is 5.40. The number of fused-ring (bicyclic) bond motifs is 1. The van der Waals surface area contributed by atoms with Crippen LogP contribution in [0.3, 0.4) is 0 Å². The molecule has 2 aromatic carbocycles. The Labute approximate surface area is 151 Å². The average molecular weight is 349 g/mol. The topological polar surface area (TPSA) is 45.2 Å². The van der Waals surface area contributed by atoms with Crippen LogP contribution in [0.5, 0.6) is 0 Å². The van der Waals surface area contributed by atoms with Crippen molar-refractivity contribution in [1.29, 1.82) is 0 Å². The molecular formula is C20H19N3OS. The van der Waals surface area contributed by atoms with E-state index in [4.69, 9.17) is 0 Å². The molecule has 126 valence electrons. The Hall–Kier alpha value is -2.66. The molecule has 3 aromatic rings. The van der Waals surface area contributed by atoms with Crippen LogP contribution in [-0.2, 0) is 13.0 Å². The highest BCUT2D eigenvalue weighted by molar-refractivity contribution is 7.13. The van der Waals surface area contributed by atoms with E-state index in [0.717, 1.165) is 22.7 Å². The number of aromatic nitrogens is 1. The molecule has 0 saturated carbocycles. The van der Waals surface area contributed by atoms with E-state index in [0.29, 0.717) is 6.54 Å². The Morgan fingerprint density at radius 1 is 1.16 bits per heavy atom. The normalized spacial score (nSPS) is 16.4. The third-order valence-electron chi connectivity index (χ3n) is 4.58. The number of nitrogens with one attached hydrogen (secondary N) is 1. The lowest BCUT2D eigenvalue weighted by Gasteiger charge is -2.34. The van der Waals surface area contributed by atoms with Gasteiger partial charge >= 0.3 is 6.03 Å². The van der Waals surface area contributed by atoms with E-state index in [1.54, 1.807) is 17.5 Å². The highest BCUT2D eigenvalue weighted by atomic mass is 32.1. The van der Waals surface area contributed by atoms with Crippen molar-refractivity contribution < 1.29 is 4.79 Å². The van der Waals surface area contributed by atoms with Crippen molar-refractivity contribution in [3.8, 4) is 10.6 Å². The van der Waals surface area contributed by atoms with Crippen molar-refractivity contribution in [2.24, 2.45) is 0 Å². The second kappa shape index (κ2) is 6.69. The second-order valence-electron chi connectivity index (χ2n) is 6.29. The van der Waals surface area contributed by atoms with E-state index in [1.165, 1.54) is 11.1 Å². The maximum absolute atomic E-state index is 12.7. The quantitative estimate of drug-likeness (QED) is 0.723. The highest BCUT2D eigenvalue weighted by Gasteiger charge is 2.26. The molecule has 2 heterocycles. The summed E-state index contributed by atoms with van der Waals surface area (Å²) in [5.74, 6) is 0. The monoisotopic (exact) mass is 349 g/mol. The van der Waals surface area contributed by atoms with Crippen LogP contribution in [0.15, 0.2) is 60.1 Å². The van der Waals surface area contributed by atoms with Gasteiger partial charge in [0.2, 0.25) is 0 Å². The van der Waals surface area contributed by atoms with Crippen LogP contribution in [-0.4, -0.2) is 22.0 Å². The van der Waals surface area contributed by atoms with Crippen LogP contribution < -0.4 is 5.32 Å². The molecule has 1 atom stereocenters. The Morgan fingerprint density at radius 3 is 2.64 bits per heavy atom. The van der Waals surface area contributed by atoms with Crippen LogP contribution in [0, 0.1) is 0 Å². The Balaban J connectivity index is 1.47. The van der Waals surface area contributed by atoms with Crippen molar-refractivity contribution in [3.05, 3.63) is 71.2 Å². The van der Waals surface area contributed by atoms with Gasteiger partial charge in [0.25, 0.3) is 0 Å². The van der Waals surface area contributed by atoms with Crippen LogP contribution >= 0.6 is 11.3 Å². The predicted molar refractivity (Wildman–Crippen MR) is 102 cm³/mol. The molecule has 0 fully saturated rings. The molecule has 1 unspecified atom stereocenters. The Bertz CT molecular complexity index is 874. The number of carbonyl (C=O) groups is 1. The van der Waals surface area contributed by atoms with Gasteiger partial charge in [-0.05, 0) is 48.7 Å². The summed E-state index contributed by atoms with van der Waals surface area (Å²) in [6, 6.07) is 16.3. The molecule has 25 heavy (non-hydrogen) atoms. The molecule has 4 rings (SSSR count). The van der Waals surface area contributed by atoms with E-state index in [1.807, 2.05) is 40.6 Å². The molecule has 1 aliphatic heterocycles. The summed E-state index contributed by atoms with van der Waals surface area (Å²) in [7, 11) is 0. The van der Waals surface area contributed by atoms with Crippen molar-refractivity contribution in [3.63, 3.8) is 0 Å². The fourth-order valence-corrected chi connectivity index (χ4v) is 3.85. The molecule has 0 radical (unpaired) electrons. The van der Waals surface area contributed by atoms with E-state index in [-0.39, 0.29) is 12.1 Å². The maximum atomic E-state index is 12.7. The maximum Gasteiger partial charge on any atom is 0.322 e. The van der Waals surface area contributed by atoms with E-state index in [2.05, 4.69) is 35.4 Å². The summed E-state index contributed by atoms with van der Waals surface area (Å²) < 4.78 is 0. The molecule has 0 bridgehead atoms. The van der Waals surface area contributed by atoms with Gasteiger partial charge in [-0.15, -0.1) is 11.3 Å². The lowest BCUT2D eigenvalue weighted by molar-refractivity contribution is 0.182. The summed E-state index contributed by atoms with van der Waals surface area (Å²) in [5.41, 5.74) is 4.44. The lowest BCUT2D eigenvalue weighted by atomic mass is 9.95. The van der Waals surface area contributed by atoms with Gasteiger partial charge in [-0.1, -0.05) is 24.3 Å². The smallest absolute Gasteiger partial charge is 0.317 e. The first-order valence-corrected chi connectivity index (χ1v) is 9.23. The molecule has 0 saturated heterocycles. The summed E-state index contributed by atoms with van der Waals surface area (Å²) in [6.07, 6.45) is 2.69. The van der Waals surface area contributed by atoms with Crippen molar-refractivity contribution in [1.82, 2.24) is 9.88 Å². The molecule has 1 aromatic heterocycles. The summed E-state index contributed by atoms with van der Waals surface area (Å²) in [5, 5.41) is 5.96. The molecule has 1 N–H and O–H groups in total. The molecule has 4 nitrogen and oxygen atoms in total. The van der Waals surface area contributed by atoms with Crippen molar-refractivity contribution in [2.45, 2.75) is 25.9 Å². The van der Waals surface area contributed by atoms with E-state index in [9.17, 15) is 4.79 Å². The zero-order chi connectivity index (χ0) is 17.2. The standard InChI is InChI=1S/C20H19N3OS/c1-14-12-16-4-2-3-5-17(16)13-23(14)20(24)22-18-8-6-15(7-9-18)19-21-10-11-25-19/h2-11,14H,12-13H2,1H3,(H,22,24). The molecule has 5 heteroatoms. The summed E-state index contributed by atoms with van der Waals surface area (Å²) >= 11 is 1.61. The number of carbonyl (C=O) groups excluding carboxylic acids is 1. The van der Waals surface area contributed by atoms with Gasteiger partial charge in [-0.25, -0.2) is 9.78 Å². The largest absolute Gasteiger partial charge is 0.322 e. The van der Waals surface area contributed by atoms with E-state index >= 15 is 0 Å². The number of hydrogen-bond acceptors (Lipinski definition) is 3. The summed E-state index contributed by atoms with van der Waals surface area (Å²) in [4.78, 5) is 18.9. The Morgan fingerprint density at radius 2 is 1.92 bits per heavy atom. The number of urea groups is 1. The van der Waals surface area contributed by atoms with Crippen LogP contribution in [0.25, 0.3) is 10.6 Å². The molecule has 0 spiro atoms. The Kier molecular flexibility index (Phi) is 4.24. The number of amides is 2. The van der Waals surface area contributed by atoms with Crippen LogP contribution in [0.1, 0.15) is 18.1 Å². The van der Waals surface area contributed by atoms with Gasteiger partial charge in [0.05, 0.1) is 0 Å². The number of nitrogens with zero attached hydrogens (tertiary/aromatic N) is 2. The van der Waals surface area contributed by atoms with Gasteiger partial charge in [0.1, 0.15) is 5.01 Å². The first-order valence-electron chi connectivity index (χ1n) is 8.35. The molecule has 1 aliphatic rings. The molecular weight excluding hydrogens is 330 g/mol. The first kappa shape index (κ1) is 15.8. The average Bonchev–Trinajstić information content (AvgIpc) is 3.16. The van der Waals surface area contributed by atoms with Crippen LogP contribution in [0.2, 0.25) is 0 Å². The highest BCUT2D eigenvalue weighted by Crippen LogP contribution is 2.25. The van der Waals surface area contributed by atoms with Gasteiger partial charge in [0.15, 0.2) is 0 Å². The second-order valence-corrected chi connectivity index (χ2v) is 7.19. The number of thiazole rings is 1. The van der Waals surface area contributed by atoms with E-state index < -0.39 is 0 Å². The summed E-state index contributed by atoms with van der Waals surface area (Å²) in [6.45, 7) is 2.75. The lowest BCUT2D eigenvalue weighted by Crippen LogP contribution is -2.44. The first-order chi connectivity index (χ1) is 12.2. The minimum atomic E-state index is -0.0519. The third kappa shape index (κ3) is 3.28. The van der Waals surface area contributed by atoms with Crippen molar-refractivity contribution >= 4 is 23.1 Å². The SMILES string of the molecule is CC1Cc2ccccc2CN1C(=O)Nc1ccc(-c2nccs2)cc1. The van der Waals surface area contributed by atoms with Crippen molar-refractivity contribution in [2.75, 3.05) is 5.32 Å². The van der Waals surface area contributed by atoms with Gasteiger partial charge in [0, 0.05) is 35.4 Å². The fourth-order valence-electron chi connectivity index (χ4n) is 3.21. The minimum absolute atomic E-state index is 0.0519. The van der Waals surface area contributed by atoms with Gasteiger partial charge in [-0.3, -0.25) is 0 Å². The minimum Gasteiger partial charge on any atom is -0.317 e. The van der Waals surface area contributed by atoms with Gasteiger partial charge < -0.3 is 10.2 Å².